The van der Waals surface area contributed by atoms with Crippen molar-refractivity contribution in [3.63, 3.8) is 0 Å². The minimum Gasteiger partial charge on any atom is -0.370 e. The highest BCUT2D eigenvalue weighted by atomic mass is 16.5. The molecule has 9 heavy (non-hydrogen) atoms. The Morgan fingerprint density at radius 3 is 2.22 bits per heavy atom. The molecule has 0 atom stereocenters. The Morgan fingerprint density at radius 2 is 1.89 bits per heavy atom. The summed E-state index contributed by atoms with van der Waals surface area (Å²) in [6.07, 6.45) is 0. The number of hydrogen-bond acceptors (Lipinski definition) is 2. The molecule has 1 saturated heterocycles. The van der Waals surface area contributed by atoms with E-state index in [4.69, 9.17) is 4.74 Å². The van der Waals surface area contributed by atoms with Crippen LogP contribution in [0.15, 0.2) is 0 Å². The number of likely N-dealkylation sites (N-methyl/N-ethyl adjacent to an activating group) is 1. The molecule has 3 heteroatoms. The molecule has 0 aromatic heterocycles. The zero-order valence-corrected chi connectivity index (χ0v) is 6.18. The summed E-state index contributed by atoms with van der Waals surface area (Å²) in [5, 5.41) is 0. The van der Waals surface area contributed by atoms with Crippen LogP contribution >= 0.6 is 0 Å². The molecule has 1 N–H and O–H groups in total. The lowest BCUT2D eigenvalue weighted by atomic mass is 10.4. The van der Waals surface area contributed by atoms with Crippen molar-refractivity contribution < 1.29 is 9.33 Å². The third-order valence-electron chi connectivity index (χ3n) is 2.00. The molecule has 1 aliphatic heterocycles. The second-order valence-electron chi connectivity index (χ2n) is 2.68. The van der Waals surface area contributed by atoms with Gasteiger partial charge in [-0.2, -0.15) is 5.43 Å². The average molecular weight is 131 g/mol. The predicted octanol–water partition coefficient (Wildman–Crippen LogP) is -0.402. The van der Waals surface area contributed by atoms with Crippen molar-refractivity contribution in [1.82, 2.24) is 5.43 Å². The van der Waals surface area contributed by atoms with Crippen molar-refractivity contribution >= 4 is 0 Å². The van der Waals surface area contributed by atoms with Crippen molar-refractivity contribution in [3.8, 4) is 0 Å². The molecule has 0 aliphatic carbocycles. The Bertz CT molecular complexity index is 89.1. The summed E-state index contributed by atoms with van der Waals surface area (Å²) < 4.78 is 6.16. The van der Waals surface area contributed by atoms with Crippen LogP contribution in [0.1, 0.15) is 0 Å². The molecule has 1 fully saturated rings. The maximum atomic E-state index is 5.21. The Balaban J connectivity index is 2.37. The number of nitrogens with one attached hydrogen (secondary N) is 1. The Labute approximate surface area is 56.2 Å². The van der Waals surface area contributed by atoms with E-state index in [0.717, 1.165) is 30.9 Å². The zero-order chi connectivity index (χ0) is 6.74. The van der Waals surface area contributed by atoms with Gasteiger partial charge in [-0.15, -0.1) is 0 Å². The SMILES string of the molecule is CN[N+]1(C)CCOCC1. The highest BCUT2D eigenvalue weighted by Crippen LogP contribution is 2.00. The van der Waals surface area contributed by atoms with Crippen molar-refractivity contribution in [1.29, 1.82) is 0 Å². The zero-order valence-electron chi connectivity index (χ0n) is 6.18. The van der Waals surface area contributed by atoms with Crippen molar-refractivity contribution in [2.45, 2.75) is 0 Å². The van der Waals surface area contributed by atoms with Gasteiger partial charge in [0, 0.05) is 7.05 Å². The number of rotatable bonds is 1. The first-order chi connectivity index (χ1) is 4.27. The van der Waals surface area contributed by atoms with E-state index in [2.05, 4.69) is 12.5 Å². The van der Waals surface area contributed by atoms with Gasteiger partial charge in [-0.25, -0.2) is 4.59 Å². The van der Waals surface area contributed by atoms with E-state index in [1.807, 2.05) is 7.05 Å². The first kappa shape index (κ1) is 6.99. The third kappa shape index (κ3) is 1.64. The summed E-state index contributed by atoms with van der Waals surface area (Å²) in [5.41, 5.74) is 3.24. The van der Waals surface area contributed by atoms with Gasteiger partial charge in [0.15, 0.2) is 0 Å². The number of quaternary nitrogens is 1. The van der Waals surface area contributed by atoms with Crippen LogP contribution in [0, 0.1) is 0 Å². The van der Waals surface area contributed by atoms with E-state index < -0.39 is 0 Å². The van der Waals surface area contributed by atoms with Crippen LogP contribution in [0.4, 0.5) is 0 Å². The van der Waals surface area contributed by atoms with Crippen molar-refractivity contribution in [3.05, 3.63) is 0 Å². The topological polar surface area (TPSA) is 21.3 Å². The van der Waals surface area contributed by atoms with E-state index in [0.29, 0.717) is 0 Å². The van der Waals surface area contributed by atoms with Crippen LogP contribution in [0.25, 0.3) is 0 Å². The van der Waals surface area contributed by atoms with Gasteiger partial charge in [0.05, 0.1) is 20.3 Å². The maximum absolute atomic E-state index is 5.21. The smallest absolute Gasteiger partial charge is 0.120 e. The second kappa shape index (κ2) is 2.64. The predicted molar refractivity (Wildman–Crippen MR) is 35.8 cm³/mol. The number of ether oxygens (including phenoxy) is 1. The van der Waals surface area contributed by atoms with E-state index in [-0.39, 0.29) is 0 Å². The van der Waals surface area contributed by atoms with Gasteiger partial charge in [0.2, 0.25) is 0 Å². The number of morpholine rings is 1. The lowest BCUT2D eigenvalue weighted by Gasteiger charge is -2.35. The third-order valence-corrected chi connectivity index (χ3v) is 2.00. The molecule has 0 saturated carbocycles. The monoisotopic (exact) mass is 131 g/mol. The average Bonchev–Trinajstić information content (AvgIpc) is 1.90. The normalized spacial score (nSPS) is 26.0. The molecule has 0 aromatic carbocycles. The van der Waals surface area contributed by atoms with Gasteiger partial charge in [-0.1, -0.05) is 0 Å². The van der Waals surface area contributed by atoms with Gasteiger partial charge >= 0.3 is 0 Å². The highest BCUT2D eigenvalue weighted by molar-refractivity contribution is 4.40. The molecule has 3 nitrogen and oxygen atoms in total. The summed E-state index contributed by atoms with van der Waals surface area (Å²) in [4.78, 5) is 0. The quantitative estimate of drug-likeness (QED) is 0.489. The van der Waals surface area contributed by atoms with Crippen LogP contribution < -0.4 is 5.43 Å². The molecular weight excluding hydrogens is 116 g/mol. The van der Waals surface area contributed by atoms with Crippen LogP contribution in [0.3, 0.4) is 0 Å². The summed E-state index contributed by atoms with van der Waals surface area (Å²) in [5.74, 6) is 0. The molecule has 1 rings (SSSR count). The van der Waals surface area contributed by atoms with Crippen LogP contribution in [0.2, 0.25) is 0 Å². The fourth-order valence-electron chi connectivity index (χ4n) is 0.970. The standard InChI is InChI=1S/C6H15N2O/c1-7-8(2)3-5-9-6-4-8/h7H,3-6H2,1-2H3/q+1. The van der Waals surface area contributed by atoms with Gasteiger partial charge in [0.1, 0.15) is 13.1 Å². The first-order valence-corrected chi connectivity index (χ1v) is 3.38. The van der Waals surface area contributed by atoms with Crippen molar-refractivity contribution in [2.75, 3.05) is 40.4 Å². The molecule has 1 aliphatic rings. The Kier molecular flexibility index (Phi) is 2.05. The Morgan fingerprint density at radius 1 is 1.33 bits per heavy atom. The fraction of sp³-hybridized carbons (Fsp3) is 1.00. The molecule has 0 amide bonds. The second-order valence-corrected chi connectivity index (χ2v) is 2.68. The summed E-state index contributed by atoms with van der Waals surface area (Å²) >= 11 is 0. The maximum Gasteiger partial charge on any atom is 0.120 e. The molecule has 0 bridgehead atoms. The van der Waals surface area contributed by atoms with E-state index in [1.54, 1.807) is 0 Å². The molecule has 0 radical (unpaired) electrons. The molecule has 0 spiro atoms. The van der Waals surface area contributed by atoms with E-state index >= 15 is 0 Å². The van der Waals surface area contributed by atoms with Gasteiger partial charge in [-0.3, -0.25) is 0 Å². The number of nitrogens with zero attached hydrogens (tertiary/aromatic N) is 1. The van der Waals surface area contributed by atoms with E-state index in [9.17, 15) is 0 Å². The summed E-state index contributed by atoms with van der Waals surface area (Å²) in [7, 11) is 4.17. The van der Waals surface area contributed by atoms with Gasteiger partial charge in [0.25, 0.3) is 0 Å². The summed E-state index contributed by atoms with van der Waals surface area (Å²) in [6, 6.07) is 0. The lowest BCUT2D eigenvalue weighted by molar-refractivity contribution is -0.956. The Hall–Kier alpha value is -0.120. The van der Waals surface area contributed by atoms with Gasteiger partial charge in [-0.05, 0) is 0 Å². The number of hydrogen-bond donors (Lipinski definition) is 1. The summed E-state index contributed by atoms with van der Waals surface area (Å²) in [6.45, 7) is 3.93. The molecule has 0 aromatic rings. The van der Waals surface area contributed by atoms with Crippen LogP contribution in [-0.4, -0.2) is 45.0 Å². The largest absolute Gasteiger partial charge is 0.370 e. The molecule has 54 valence electrons. The van der Waals surface area contributed by atoms with Crippen molar-refractivity contribution in [2.24, 2.45) is 0 Å². The molecular formula is C6H15N2O+. The highest BCUT2D eigenvalue weighted by Gasteiger charge is 2.22. The first-order valence-electron chi connectivity index (χ1n) is 3.38. The molecule has 0 unspecified atom stereocenters. The lowest BCUT2D eigenvalue weighted by Crippen LogP contribution is -2.58. The van der Waals surface area contributed by atoms with E-state index in [1.165, 1.54) is 0 Å². The fourth-order valence-corrected chi connectivity index (χ4v) is 0.970. The minimum absolute atomic E-state index is 0.886. The minimum atomic E-state index is 0.886. The van der Waals surface area contributed by atoms with Crippen LogP contribution in [-0.2, 0) is 4.74 Å². The van der Waals surface area contributed by atoms with Gasteiger partial charge < -0.3 is 4.74 Å². The van der Waals surface area contributed by atoms with Crippen LogP contribution in [0.5, 0.6) is 0 Å². The molecule has 1 heterocycles.